The maximum Gasteiger partial charge on any atom is 0.191 e. The first kappa shape index (κ1) is 24.1. The smallest absolute Gasteiger partial charge is 0.191 e. The van der Waals surface area contributed by atoms with E-state index in [0.29, 0.717) is 18.3 Å². The fourth-order valence-corrected chi connectivity index (χ4v) is 3.67. The van der Waals surface area contributed by atoms with E-state index < -0.39 is 11.6 Å². The molecule has 1 saturated heterocycles. The minimum atomic E-state index is -0.550. The molecule has 164 valence electrons. The number of methoxy groups -OCH3 is 1. The van der Waals surface area contributed by atoms with Gasteiger partial charge in [-0.3, -0.25) is 9.89 Å². The standard InChI is InChI=1S/C20H31F2N5O.HI/c1-23-20(24-8-10-26(11-12-28-2)17-4-5-17)25-16-7-9-27(14-16)19-6-3-15(21)13-18(19)22;/h3,6,13,16-17H,4-5,7-12,14H2,1-2H3,(H2,23,24,25);1H. The van der Waals surface area contributed by atoms with Crippen LogP contribution in [-0.2, 0) is 4.74 Å². The number of hydrogen-bond acceptors (Lipinski definition) is 4. The highest BCUT2D eigenvalue weighted by atomic mass is 127. The van der Waals surface area contributed by atoms with Gasteiger partial charge in [0.2, 0.25) is 0 Å². The summed E-state index contributed by atoms with van der Waals surface area (Å²) in [7, 11) is 3.49. The summed E-state index contributed by atoms with van der Waals surface area (Å²) < 4.78 is 32.3. The number of nitrogens with one attached hydrogen (secondary N) is 2. The van der Waals surface area contributed by atoms with Gasteiger partial charge in [0.15, 0.2) is 5.96 Å². The highest BCUT2D eigenvalue weighted by Crippen LogP contribution is 2.26. The first-order chi connectivity index (χ1) is 13.6. The van der Waals surface area contributed by atoms with Crippen LogP contribution in [0.3, 0.4) is 0 Å². The van der Waals surface area contributed by atoms with Crippen molar-refractivity contribution in [3.8, 4) is 0 Å². The number of nitrogens with zero attached hydrogens (tertiary/aromatic N) is 3. The lowest BCUT2D eigenvalue weighted by atomic mass is 10.2. The Morgan fingerprint density at radius 2 is 2.07 bits per heavy atom. The normalized spacial score (nSPS) is 19.4. The van der Waals surface area contributed by atoms with Crippen molar-refractivity contribution in [2.75, 3.05) is 58.4 Å². The number of halogens is 3. The Morgan fingerprint density at radius 3 is 2.72 bits per heavy atom. The molecule has 0 amide bonds. The van der Waals surface area contributed by atoms with E-state index in [1.807, 2.05) is 4.90 Å². The minimum Gasteiger partial charge on any atom is -0.383 e. The second-order valence-corrected chi connectivity index (χ2v) is 7.43. The van der Waals surface area contributed by atoms with Gasteiger partial charge in [0.05, 0.1) is 12.3 Å². The number of benzene rings is 1. The zero-order chi connectivity index (χ0) is 19.9. The van der Waals surface area contributed by atoms with Crippen LogP contribution < -0.4 is 15.5 Å². The molecule has 1 aromatic rings. The summed E-state index contributed by atoms with van der Waals surface area (Å²) in [5.74, 6) is -0.307. The molecule has 2 fully saturated rings. The van der Waals surface area contributed by atoms with Gasteiger partial charge in [-0.2, -0.15) is 0 Å². The van der Waals surface area contributed by atoms with Crippen LogP contribution in [0.25, 0.3) is 0 Å². The highest BCUT2D eigenvalue weighted by molar-refractivity contribution is 14.0. The lowest BCUT2D eigenvalue weighted by Crippen LogP contribution is -2.47. The van der Waals surface area contributed by atoms with Gasteiger partial charge in [-0.25, -0.2) is 8.78 Å². The van der Waals surface area contributed by atoms with Crippen LogP contribution in [0.4, 0.5) is 14.5 Å². The Kier molecular flexibility index (Phi) is 9.84. The van der Waals surface area contributed by atoms with Crippen molar-refractivity contribution in [1.29, 1.82) is 0 Å². The molecule has 1 unspecified atom stereocenters. The number of guanidine groups is 1. The summed E-state index contributed by atoms with van der Waals surface area (Å²) in [6.45, 7) is 4.85. The van der Waals surface area contributed by atoms with Crippen LogP contribution in [0.5, 0.6) is 0 Å². The van der Waals surface area contributed by atoms with Gasteiger partial charge >= 0.3 is 0 Å². The molecular formula is C20H32F2IN5O. The molecule has 0 aromatic heterocycles. The van der Waals surface area contributed by atoms with Gasteiger partial charge in [0, 0.05) is 65.0 Å². The van der Waals surface area contributed by atoms with Gasteiger partial charge < -0.3 is 20.3 Å². The Hall–Kier alpha value is -1.20. The summed E-state index contributed by atoms with van der Waals surface area (Å²) in [5, 5.41) is 6.79. The maximum atomic E-state index is 14.0. The molecule has 9 heteroatoms. The molecule has 6 nitrogen and oxygen atoms in total. The van der Waals surface area contributed by atoms with E-state index in [4.69, 9.17) is 4.74 Å². The third kappa shape index (κ3) is 7.21. The van der Waals surface area contributed by atoms with Crippen molar-refractivity contribution in [2.45, 2.75) is 31.3 Å². The topological polar surface area (TPSA) is 52.1 Å². The molecule has 0 radical (unpaired) electrons. The van der Waals surface area contributed by atoms with Gasteiger partial charge in [0.1, 0.15) is 11.6 Å². The van der Waals surface area contributed by atoms with Gasteiger partial charge in [-0.05, 0) is 31.4 Å². The summed E-state index contributed by atoms with van der Waals surface area (Å²) in [4.78, 5) is 8.71. The van der Waals surface area contributed by atoms with E-state index in [1.165, 1.54) is 25.0 Å². The minimum absolute atomic E-state index is 0. The van der Waals surface area contributed by atoms with Gasteiger partial charge in [-0.1, -0.05) is 0 Å². The summed E-state index contributed by atoms with van der Waals surface area (Å²) in [6.07, 6.45) is 3.42. The zero-order valence-corrected chi connectivity index (χ0v) is 19.5. The molecule has 2 aliphatic rings. The highest BCUT2D eigenvalue weighted by Gasteiger charge is 2.28. The molecule has 1 heterocycles. The molecule has 0 spiro atoms. The van der Waals surface area contributed by atoms with Crippen molar-refractivity contribution in [2.24, 2.45) is 4.99 Å². The number of anilines is 1. The molecule has 3 rings (SSSR count). The zero-order valence-electron chi connectivity index (χ0n) is 17.2. The van der Waals surface area contributed by atoms with Crippen molar-refractivity contribution in [3.05, 3.63) is 29.8 Å². The van der Waals surface area contributed by atoms with Crippen molar-refractivity contribution in [3.63, 3.8) is 0 Å². The van der Waals surface area contributed by atoms with Crippen molar-refractivity contribution >= 4 is 35.6 Å². The molecule has 2 N–H and O–H groups in total. The quantitative estimate of drug-likeness (QED) is 0.296. The van der Waals surface area contributed by atoms with Crippen LogP contribution >= 0.6 is 24.0 Å². The number of hydrogen-bond donors (Lipinski definition) is 2. The molecule has 1 saturated carbocycles. The van der Waals surface area contributed by atoms with E-state index in [2.05, 4.69) is 20.5 Å². The summed E-state index contributed by atoms with van der Waals surface area (Å²) in [6, 6.07) is 4.61. The fraction of sp³-hybridized carbons (Fsp3) is 0.650. The summed E-state index contributed by atoms with van der Waals surface area (Å²) in [5.41, 5.74) is 0.451. The maximum absolute atomic E-state index is 14.0. The Morgan fingerprint density at radius 1 is 1.28 bits per heavy atom. The van der Waals surface area contributed by atoms with Gasteiger partial charge in [0.25, 0.3) is 0 Å². The Labute approximate surface area is 189 Å². The largest absolute Gasteiger partial charge is 0.383 e. The van der Waals surface area contributed by atoms with E-state index in [9.17, 15) is 8.78 Å². The SMILES string of the molecule is CN=C(NCCN(CCOC)C1CC1)NC1CCN(c2ccc(F)cc2F)C1.I. The predicted molar refractivity (Wildman–Crippen MR) is 123 cm³/mol. The Balaban J connectivity index is 0.00000300. The molecule has 0 bridgehead atoms. The summed E-state index contributed by atoms with van der Waals surface area (Å²) >= 11 is 0. The van der Waals surface area contributed by atoms with E-state index in [-0.39, 0.29) is 30.0 Å². The van der Waals surface area contributed by atoms with Crippen LogP contribution in [0, 0.1) is 11.6 Å². The van der Waals surface area contributed by atoms with E-state index >= 15 is 0 Å². The van der Waals surface area contributed by atoms with Crippen LogP contribution in [0.15, 0.2) is 23.2 Å². The van der Waals surface area contributed by atoms with Gasteiger partial charge in [-0.15, -0.1) is 24.0 Å². The number of rotatable bonds is 9. The van der Waals surface area contributed by atoms with Crippen molar-refractivity contribution < 1.29 is 13.5 Å². The van der Waals surface area contributed by atoms with Crippen LogP contribution in [0.1, 0.15) is 19.3 Å². The molecular weight excluding hydrogens is 491 g/mol. The lowest BCUT2D eigenvalue weighted by molar-refractivity contribution is 0.144. The van der Waals surface area contributed by atoms with Crippen molar-refractivity contribution in [1.82, 2.24) is 15.5 Å². The molecule has 1 aliphatic carbocycles. The predicted octanol–water partition coefficient (Wildman–Crippen LogP) is 2.44. The number of aliphatic imine (C=N–C) groups is 1. The monoisotopic (exact) mass is 523 g/mol. The van der Waals surface area contributed by atoms with Crippen LogP contribution in [-0.4, -0.2) is 76.4 Å². The average Bonchev–Trinajstić information content (AvgIpc) is 3.42. The van der Waals surface area contributed by atoms with E-state index in [0.717, 1.165) is 51.2 Å². The Bertz CT molecular complexity index is 674. The average molecular weight is 523 g/mol. The third-order valence-corrected chi connectivity index (χ3v) is 5.34. The lowest BCUT2D eigenvalue weighted by Gasteiger charge is -2.23. The molecule has 1 atom stereocenters. The van der Waals surface area contributed by atoms with Crippen LogP contribution in [0.2, 0.25) is 0 Å². The first-order valence-corrected chi connectivity index (χ1v) is 10.0. The number of ether oxygens (including phenoxy) is 1. The van der Waals surface area contributed by atoms with E-state index in [1.54, 1.807) is 14.2 Å². The third-order valence-electron chi connectivity index (χ3n) is 5.34. The second kappa shape index (κ2) is 11.8. The first-order valence-electron chi connectivity index (χ1n) is 10.0. The second-order valence-electron chi connectivity index (χ2n) is 7.43. The molecule has 1 aromatic carbocycles. The fourth-order valence-electron chi connectivity index (χ4n) is 3.67. The molecule has 29 heavy (non-hydrogen) atoms. The molecule has 1 aliphatic heterocycles.